The lowest BCUT2D eigenvalue weighted by molar-refractivity contribution is 0.0192. The van der Waals surface area contributed by atoms with Crippen LogP contribution in [0.3, 0.4) is 0 Å². The average Bonchev–Trinajstić information content (AvgIpc) is 1.66. The summed E-state index contributed by atoms with van der Waals surface area (Å²) in [6.45, 7) is 15.3. The molecular weight excluding hydrogens is 1290 g/mol. The van der Waals surface area contributed by atoms with Gasteiger partial charge in [-0.05, 0) is 147 Å². The number of benzene rings is 7. The number of H-pyrrole nitrogens is 3. The number of pyridine rings is 2. The van der Waals surface area contributed by atoms with Gasteiger partial charge in [0, 0.05) is 107 Å². The maximum absolute atomic E-state index is 10.2. The van der Waals surface area contributed by atoms with Gasteiger partial charge in [-0.3, -0.25) is 9.97 Å². The Balaban J connectivity index is 0.000000138. The average molecular weight is 1370 g/mol. The molecule has 17 nitrogen and oxygen atoms in total. The SMILES string of the molecule is CC(C)(O)c1ccc(-c2cc3c(-c4cc(C#N)c(OC5CCOCC5)cn4)cccc3[nH]2)cc1.CC(C)(O)c1ccc(-c2cc3c(-c4ccc(OC5CCOCC5)c(C#N)c4)cccc3[nH]2)cc1.COC(C)(C)c1ccc(-c2cc3c(-c4cc(C#N)c(OC5CCOCC5)cn4)cccc3[nH]2)cc1. The highest BCUT2D eigenvalue weighted by Gasteiger charge is 2.25. The minimum absolute atomic E-state index is 0.0481. The molecule has 3 saturated heterocycles. The van der Waals surface area contributed by atoms with Gasteiger partial charge in [0.25, 0.3) is 0 Å². The number of ether oxygens (including phenoxy) is 7. The van der Waals surface area contributed by atoms with Gasteiger partial charge in [0.1, 0.15) is 42.3 Å². The highest BCUT2D eigenvalue weighted by Crippen LogP contribution is 2.40. The summed E-state index contributed by atoms with van der Waals surface area (Å²) >= 11 is 0. The second kappa shape index (κ2) is 30.7. The van der Waals surface area contributed by atoms with E-state index in [0.29, 0.717) is 73.6 Å². The number of fused-ring (bicyclic) bond motifs is 3. The normalized spacial score (nSPS) is 14.7. The topological polar surface area (TPSA) is 250 Å². The zero-order chi connectivity index (χ0) is 71.8. The van der Waals surface area contributed by atoms with Crippen molar-refractivity contribution in [2.24, 2.45) is 0 Å². The molecule has 8 heterocycles. The number of hydrogen-bond donors (Lipinski definition) is 5. The van der Waals surface area contributed by atoms with Gasteiger partial charge in [-0.2, -0.15) is 15.8 Å². The molecule has 3 fully saturated rings. The Bertz CT molecular complexity index is 4890. The fourth-order valence-corrected chi connectivity index (χ4v) is 13.3. The Morgan fingerprint density at radius 2 is 0.728 bits per heavy atom. The molecule has 0 unspecified atom stereocenters. The molecule has 12 aromatic rings. The molecule has 103 heavy (non-hydrogen) atoms. The molecule has 15 rings (SSSR count). The third kappa shape index (κ3) is 16.2. The van der Waals surface area contributed by atoms with Crippen molar-refractivity contribution in [1.82, 2.24) is 24.9 Å². The molecule has 0 bridgehead atoms. The Morgan fingerprint density at radius 1 is 0.398 bits per heavy atom. The first-order valence-electron chi connectivity index (χ1n) is 35.1. The number of hydrogen-bond acceptors (Lipinski definition) is 14. The minimum Gasteiger partial charge on any atom is -0.489 e. The van der Waals surface area contributed by atoms with Crippen LogP contribution in [0.25, 0.3) is 100 Å². The molecule has 17 heteroatoms. The number of aromatic nitrogens is 5. The van der Waals surface area contributed by atoms with Gasteiger partial charge in [0.2, 0.25) is 0 Å². The molecule has 5 N–H and O–H groups in total. The van der Waals surface area contributed by atoms with Crippen molar-refractivity contribution in [2.75, 3.05) is 46.8 Å². The van der Waals surface area contributed by atoms with Crippen LogP contribution in [0.15, 0.2) is 188 Å². The Hall–Kier alpha value is -10.9. The summed E-state index contributed by atoms with van der Waals surface area (Å²) in [5.74, 6) is 1.68. The number of aliphatic hydroxyl groups is 2. The van der Waals surface area contributed by atoms with Gasteiger partial charge in [-0.25, -0.2) is 0 Å². The van der Waals surface area contributed by atoms with Crippen LogP contribution >= 0.6 is 0 Å². The van der Waals surface area contributed by atoms with Crippen LogP contribution in [0.2, 0.25) is 0 Å². The molecule has 7 aromatic carbocycles. The maximum atomic E-state index is 10.2. The lowest BCUT2D eigenvalue weighted by Gasteiger charge is -2.24. The van der Waals surface area contributed by atoms with Crippen molar-refractivity contribution in [3.63, 3.8) is 0 Å². The number of aromatic amines is 3. The minimum atomic E-state index is -0.878. The summed E-state index contributed by atoms with van der Waals surface area (Å²) in [6.07, 6.45) is 8.48. The molecule has 0 spiro atoms. The molecule has 0 saturated carbocycles. The predicted octanol–water partition coefficient (Wildman–Crippen LogP) is 17.9. The van der Waals surface area contributed by atoms with E-state index in [4.69, 9.17) is 33.2 Å². The van der Waals surface area contributed by atoms with Gasteiger partial charge in [-0.1, -0.05) is 115 Å². The molecular formula is C86H84N8O9. The number of nitriles is 3. The first-order chi connectivity index (χ1) is 49.8. The largest absolute Gasteiger partial charge is 0.489 e. The smallest absolute Gasteiger partial charge is 0.155 e. The predicted molar refractivity (Wildman–Crippen MR) is 401 cm³/mol. The molecule has 5 aromatic heterocycles. The van der Waals surface area contributed by atoms with E-state index in [1.807, 2.05) is 109 Å². The first-order valence-corrected chi connectivity index (χ1v) is 35.1. The van der Waals surface area contributed by atoms with Crippen LogP contribution in [0.1, 0.15) is 113 Å². The monoisotopic (exact) mass is 1370 g/mol. The van der Waals surface area contributed by atoms with Crippen molar-refractivity contribution in [1.29, 1.82) is 15.8 Å². The van der Waals surface area contributed by atoms with Crippen LogP contribution in [0, 0.1) is 34.0 Å². The second-order valence-corrected chi connectivity index (χ2v) is 27.9. The van der Waals surface area contributed by atoms with E-state index in [-0.39, 0.29) is 23.9 Å². The van der Waals surface area contributed by atoms with E-state index in [9.17, 15) is 26.0 Å². The standard InChI is InChI=1S/C29H29N3O3.C29H28N2O3.C28H27N3O3/c1-29(2,33-3)21-9-7-19(8-10-21)26-16-24-23(5-4-6-25(24)32-26)27-15-20(17-30)28(18-31-27)35-22-11-13-34-14-12-22;1-29(2,32)22-9-6-19(7-10-22)27-17-25-24(4-3-5-26(25)31-27)20-8-11-28(21(16-20)18-30)34-23-12-14-33-15-13-23;1-28(2,32)20-8-6-18(7-9-20)25-15-23-22(4-3-5-24(23)31-25)26-14-19(16-29)27(17-30-26)34-21-10-12-33-13-11-21/h4-10,15-16,18,22,32H,11-14H2,1-3H3;3-11,16-17,23,31-32H,12-15H2,1-2H3;3-9,14-15,17,21,31-32H,10-13H2,1-2H3. The summed E-state index contributed by atoms with van der Waals surface area (Å²) < 4.78 is 40.1. The molecule has 0 radical (unpaired) electrons. The fourth-order valence-electron chi connectivity index (χ4n) is 13.3. The van der Waals surface area contributed by atoms with Gasteiger partial charge in [0.15, 0.2) is 11.5 Å². The lowest BCUT2D eigenvalue weighted by Crippen LogP contribution is -2.26. The molecule has 3 aliphatic heterocycles. The van der Waals surface area contributed by atoms with Crippen molar-refractivity contribution in [3.8, 4) is 103 Å². The van der Waals surface area contributed by atoms with Gasteiger partial charge in [-0.15, -0.1) is 0 Å². The van der Waals surface area contributed by atoms with Crippen LogP contribution in [0.4, 0.5) is 0 Å². The van der Waals surface area contributed by atoms with Crippen LogP contribution in [0.5, 0.6) is 17.2 Å². The van der Waals surface area contributed by atoms with Crippen LogP contribution in [-0.2, 0) is 35.8 Å². The fraction of sp³-hybridized carbons (Fsp3) is 0.291. The number of nitrogens with one attached hydrogen (secondary N) is 3. The summed E-state index contributed by atoms with van der Waals surface area (Å²) in [5.41, 5.74) is 16.9. The van der Waals surface area contributed by atoms with E-state index in [1.165, 1.54) is 0 Å². The van der Waals surface area contributed by atoms with Crippen LogP contribution < -0.4 is 14.2 Å². The Kier molecular flexibility index (Phi) is 21.0. The van der Waals surface area contributed by atoms with Crippen molar-refractivity contribution >= 4 is 32.7 Å². The van der Waals surface area contributed by atoms with Gasteiger partial charge >= 0.3 is 0 Å². The zero-order valence-electron chi connectivity index (χ0n) is 59.1. The first kappa shape index (κ1) is 70.5. The molecule has 0 aliphatic carbocycles. The summed E-state index contributed by atoms with van der Waals surface area (Å²) in [4.78, 5) is 19.8. The Morgan fingerprint density at radius 3 is 1.09 bits per heavy atom. The molecule has 3 aliphatic rings. The maximum Gasteiger partial charge on any atom is 0.155 e. The van der Waals surface area contributed by atoms with Crippen molar-refractivity contribution < 1.29 is 43.4 Å². The molecule has 522 valence electrons. The Labute approximate surface area is 600 Å². The number of nitrogens with zero attached hydrogens (tertiary/aromatic N) is 5. The van der Waals surface area contributed by atoms with Gasteiger partial charge in [0.05, 0.1) is 96.9 Å². The summed E-state index contributed by atoms with van der Waals surface area (Å²) in [7, 11) is 1.72. The van der Waals surface area contributed by atoms with Crippen molar-refractivity contribution in [3.05, 3.63) is 222 Å². The molecule has 0 amide bonds. The highest BCUT2D eigenvalue weighted by molar-refractivity contribution is 6.00. The van der Waals surface area contributed by atoms with E-state index < -0.39 is 11.2 Å². The zero-order valence-corrected chi connectivity index (χ0v) is 59.1. The van der Waals surface area contributed by atoms with E-state index in [0.717, 1.165) is 155 Å². The van der Waals surface area contributed by atoms with E-state index in [2.05, 4.69) is 118 Å². The molecule has 0 atom stereocenters. The van der Waals surface area contributed by atoms with E-state index in [1.54, 1.807) is 53.3 Å². The number of methoxy groups -OCH3 is 1. The lowest BCUT2D eigenvalue weighted by atomic mass is 9.96. The quantitative estimate of drug-likeness (QED) is 0.0604. The van der Waals surface area contributed by atoms with Gasteiger partial charge < -0.3 is 58.3 Å². The third-order valence-electron chi connectivity index (χ3n) is 19.5. The van der Waals surface area contributed by atoms with Crippen LogP contribution in [-0.4, -0.2) is 100 Å². The second-order valence-electron chi connectivity index (χ2n) is 27.9. The third-order valence-corrected chi connectivity index (χ3v) is 19.5. The van der Waals surface area contributed by atoms with Crippen molar-refractivity contribution in [2.45, 2.75) is 115 Å². The van der Waals surface area contributed by atoms with E-state index >= 15 is 0 Å². The summed E-state index contributed by atoms with van der Waals surface area (Å²) in [5, 5.41) is 53.0. The summed E-state index contributed by atoms with van der Waals surface area (Å²) in [6, 6.07) is 65.2. The highest BCUT2D eigenvalue weighted by atomic mass is 16.5. The number of rotatable bonds is 16.